The van der Waals surface area contributed by atoms with Crippen molar-refractivity contribution in [3.05, 3.63) is 76.0 Å². The van der Waals surface area contributed by atoms with Crippen LogP contribution in [0.2, 0.25) is 0 Å². The van der Waals surface area contributed by atoms with Crippen molar-refractivity contribution in [2.45, 2.75) is 6.92 Å². The molecule has 3 aromatic rings. The van der Waals surface area contributed by atoms with E-state index < -0.39 is 10.0 Å². The first kappa shape index (κ1) is 19.8. The summed E-state index contributed by atoms with van der Waals surface area (Å²) in [5.41, 5.74) is 1.83. The van der Waals surface area contributed by atoms with Gasteiger partial charge in [-0.2, -0.15) is 4.31 Å². The van der Waals surface area contributed by atoms with Crippen molar-refractivity contribution >= 4 is 43.4 Å². The number of aryl methyl sites for hydroxylation is 1. The molecule has 5 nitrogen and oxygen atoms in total. The Labute approximate surface area is 174 Å². The van der Waals surface area contributed by atoms with E-state index in [9.17, 15) is 13.2 Å². The van der Waals surface area contributed by atoms with Crippen molar-refractivity contribution in [2.24, 2.45) is 0 Å². The van der Waals surface area contributed by atoms with E-state index in [0.717, 1.165) is 26.1 Å². The summed E-state index contributed by atoms with van der Waals surface area (Å²) in [6, 6.07) is 17.3. The maximum Gasteiger partial charge on any atom is 0.264 e. The molecule has 0 N–H and O–H groups in total. The van der Waals surface area contributed by atoms with Crippen molar-refractivity contribution in [1.82, 2.24) is 9.21 Å². The van der Waals surface area contributed by atoms with Crippen LogP contribution < -0.4 is 0 Å². The molecule has 150 valence electrons. The minimum Gasteiger partial charge on any atom is -0.335 e. The molecule has 1 aliphatic rings. The quantitative estimate of drug-likeness (QED) is 0.634. The molecule has 1 amide bonds. The number of piperazine rings is 1. The number of nitrogens with zero attached hydrogens (tertiary/aromatic N) is 2. The minimum absolute atomic E-state index is 0.0134. The van der Waals surface area contributed by atoms with E-state index in [1.807, 2.05) is 61.5 Å². The second kappa shape index (κ2) is 8.10. The first-order valence-electron chi connectivity index (χ1n) is 9.46. The summed E-state index contributed by atoms with van der Waals surface area (Å²) in [7, 11) is -3.51. The van der Waals surface area contributed by atoms with Crippen LogP contribution in [0.15, 0.2) is 60.0 Å². The van der Waals surface area contributed by atoms with Crippen LogP contribution in [-0.4, -0.2) is 49.7 Å². The van der Waals surface area contributed by atoms with Gasteiger partial charge in [-0.05, 0) is 35.6 Å². The first-order valence-corrected chi connectivity index (χ1v) is 11.8. The molecule has 0 unspecified atom stereocenters. The van der Waals surface area contributed by atoms with Crippen LogP contribution in [0.5, 0.6) is 0 Å². The predicted octanol–water partition coefficient (Wildman–Crippen LogP) is 3.97. The number of thiophene rings is 1. The largest absolute Gasteiger partial charge is 0.335 e. The molecule has 1 saturated heterocycles. The molecule has 0 atom stereocenters. The molecule has 0 aliphatic carbocycles. The van der Waals surface area contributed by atoms with E-state index >= 15 is 0 Å². The standard InChI is InChI=1S/C22H22N2O3S2/c1-17-19-9-5-6-10-20(19)28-21(17)22(25)23-12-14-24(15-13-23)29(26,27)16-11-18-7-3-2-4-8-18/h2-11,16H,12-15H2,1H3/b16-11+. The molecular weight excluding hydrogens is 404 g/mol. The lowest BCUT2D eigenvalue weighted by Gasteiger charge is -2.33. The molecule has 0 radical (unpaired) electrons. The van der Waals surface area contributed by atoms with E-state index in [2.05, 4.69) is 0 Å². The van der Waals surface area contributed by atoms with Crippen molar-refractivity contribution < 1.29 is 13.2 Å². The fourth-order valence-corrected chi connectivity index (χ4v) is 5.83. The fourth-order valence-electron chi connectivity index (χ4n) is 3.48. The van der Waals surface area contributed by atoms with Crippen molar-refractivity contribution in [1.29, 1.82) is 0 Å². The molecule has 0 saturated carbocycles. The molecule has 4 rings (SSSR count). The normalized spacial score (nSPS) is 16.0. The highest BCUT2D eigenvalue weighted by atomic mass is 32.2. The van der Waals surface area contributed by atoms with Gasteiger partial charge in [0.05, 0.1) is 4.88 Å². The lowest BCUT2D eigenvalue weighted by molar-refractivity contribution is 0.0703. The highest BCUT2D eigenvalue weighted by Crippen LogP contribution is 2.31. The summed E-state index contributed by atoms with van der Waals surface area (Å²) >= 11 is 1.50. The Morgan fingerprint density at radius 1 is 0.966 bits per heavy atom. The van der Waals surface area contributed by atoms with E-state index in [1.54, 1.807) is 11.0 Å². The van der Waals surface area contributed by atoms with Gasteiger partial charge in [0, 0.05) is 36.3 Å². The second-order valence-corrected chi connectivity index (χ2v) is 9.87. The number of hydrogen-bond donors (Lipinski definition) is 0. The molecule has 1 aliphatic heterocycles. The van der Waals surface area contributed by atoms with Gasteiger partial charge in [-0.25, -0.2) is 8.42 Å². The zero-order chi connectivity index (χ0) is 20.4. The monoisotopic (exact) mass is 426 g/mol. The third kappa shape index (κ3) is 4.12. The van der Waals surface area contributed by atoms with E-state index in [4.69, 9.17) is 0 Å². The Morgan fingerprint density at radius 3 is 2.31 bits per heavy atom. The Bertz CT molecular complexity index is 1160. The fraction of sp³-hybridized carbons (Fsp3) is 0.227. The van der Waals surface area contributed by atoms with E-state index in [-0.39, 0.29) is 5.91 Å². The number of rotatable bonds is 4. The third-order valence-electron chi connectivity index (χ3n) is 5.16. The Kier molecular flexibility index (Phi) is 5.54. The number of fused-ring (bicyclic) bond motifs is 1. The molecule has 2 heterocycles. The Balaban J connectivity index is 1.44. The van der Waals surface area contributed by atoms with E-state index in [1.165, 1.54) is 21.1 Å². The van der Waals surface area contributed by atoms with Gasteiger partial charge in [0.2, 0.25) is 10.0 Å². The van der Waals surface area contributed by atoms with Crippen LogP contribution in [0.3, 0.4) is 0 Å². The summed E-state index contributed by atoms with van der Waals surface area (Å²) in [6.45, 7) is 3.37. The van der Waals surface area contributed by atoms with Gasteiger partial charge in [0.1, 0.15) is 0 Å². The summed E-state index contributed by atoms with van der Waals surface area (Å²) in [5.74, 6) is -0.0134. The SMILES string of the molecule is Cc1c(C(=O)N2CCN(S(=O)(=O)/C=C/c3ccccc3)CC2)sc2ccccc12. The van der Waals surface area contributed by atoms with Crippen molar-refractivity contribution in [2.75, 3.05) is 26.2 Å². The van der Waals surface area contributed by atoms with Crippen LogP contribution in [0.1, 0.15) is 20.8 Å². The molecule has 1 aromatic heterocycles. The average Bonchev–Trinajstić information content (AvgIpc) is 3.09. The zero-order valence-corrected chi connectivity index (χ0v) is 17.7. The van der Waals surface area contributed by atoms with Gasteiger partial charge in [-0.1, -0.05) is 48.5 Å². The lowest BCUT2D eigenvalue weighted by atomic mass is 10.1. The summed E-state index contributed by atoms with van der Waals surface area (Å²) < 4.78 is 27.8. The minimum atomic E-state index is -3.51. The third-order valence-corrected chi connectivity index (χ3v) is 7.98. The Hall–Kier alpha value is -2.48. The summed E-state index contributed by atoms with van der Waals surface area (Å²) in [6.07, 6.45) is 1.60. The maximum atomic E-state index is 13.0. The van der Waals surface area contributed by atoms with Gasteiger partial charge < -0.3 is 4.90 Å². The average molecular weight is 427 g/mol. The summed E-state index contributed by atoms with van der Waals surface area (Å²) in [5, 5.41) is 2.35. The smallest absolute Gasteiger partial charge is 0.264 e. The highest BCUT2D eigenvalue weighted by Gasteiger charge is 2.29. The van der Waals surface area contributed by atoms with Crippen LogP contribution in [0.25, 0.3) is 16.2 Å². The zero-order valence-electron chi connectivity index (χ0n) is 16.1. The van der Waals surface area contributed by atoms with Crippen LogP contribution in [0, 0.1) is 6.92 Å². The predicted molar refractivity (Wildman–Crippen MR) is 118 cm³/mol. The number of benzene rings is 2. The number of carbonyl (C=O) groups excluding carboxylic acids is 1. The molecule has 29 heavy (non-hydrogen) atoms. The number of hydrogen-bond acceptors (Lipinski definition) is 4. The van der Waals surface area contributed by atoms with Gasteiger partial charge in [-0.3, -0.25) is 4.79 Å². The topological polar surface area (TPSA) is 57.7 Å². The van der Waals surface area contributed by atoms with E-state index in [0.29, 0.717) is 26.2 Å². The number of carbonyl (C=O) groups is 1. The molecule has 0 bridgehead atoms. The van der Waals surface area contributed by atoms with Gasteiger partial charge in [0.25, 0.3) is 5.91 Å². The second-order valence-electron chi connectivity index (χ2n) is 7.00. The molecule has 7 heteroatoms. The van der Waals surface area contributed by atoms with Crippen molar-refractivity contribution in [3.63, 3.8) is 0 Å². The van der Waals surface area contributed by atoms with Gasteiger partial charge >= 0.3 is 0 Å². The number of sulfonamides is 1. The van der Waals surface area contributed by atoms with Gasteiger partial charge in [0.15, 0.2) is 0 Å². The van der Waals surface area contributed by atoms with Gasteiger partial charge in [-0.15, -0.1) is 11.3 Å². The van der Waals surface area contributed by atoms with Crippen LogP contribution in [0.4, 0.5) is 0 Å². The first-order chi connectivity index (χ1) is 14.0. The number of amides is 1. The molecule has 0 spiro atoms. The molecule has 2 aromatic carbocycles. The molecule has 1 fully saturated rings. The molecular formula is C22H22N2O3S2. The highest BCUT2D eigenvalue weighted by molar-refractivity contribution is 7.92. The lowest BCUT2D eigenvalue weighted by Crippen LogP contribution is -2.50. The van der Waals surface area contributed by atoms with Crippen LogP contribution >= 0.6 is 11.3 Å². The van der Waals surface area contributed by atoms with Crippen LogP contribution in [-0.2, 0) is 10.0 Å². The Morgan fingerprint density at radius 2 is 1.62 bits per heavy atom. The van der Waals surface area contributed by atoms with Crippen molar-refractivity contribution in [3.8, 4) is 0 Å². The maximum absolute atomic E-state index is 13.0. The summed E-state index contributed by atoms with van der Waals surface area (Å²) in [4.78, 5) is 15.5.